The van der Waals surface area contributed by atoms with Crippen molar-refractivity contribution in [3.63, 3.8) is 0 Å². The van der Waals surface area contributed by atoms with E-state index < -0.39 is 6.10 Å². The lowest BCUT2D eigenvalue weighted by Crippen LogP contribution is -2.28. The molecule has 0 amide bonds. The lowest BCUT2D eigenvalue weighted by molar-refractivity contribution is 0.122. The zero-order valence-electron chi connectivity index (χ0n) is 15.4. The molecule has 3 rings (SSSR count). The summed E-state index contributed by atoms with van der Waals surface area (Å²) in [6.07, 6.45) is 3.06. The fourth-order valence-electron chi connectivity index (χ4n) is 3.89. The number of aliphatic hydroxyl groups excluding tert-OH is 2. The van der Waals surface area contributed by atoms with Crippen LogP contribution in [0.25, 0.3) is 5.76 Å². The van der Waals surface area contributed by atoms with Crippen LogP contribution in [0, 0.1) is 11.8 Å². The predicted octanol–water partition coefficient (Wildman–Crippen LogP) is 6.62. The summed E-state index contributed by atoms with van der Waals surface area (Å²) in [4.78, 5) is 2.03. The Morgan fingerprint density at radius 1 is 1.18 bits per heavy atom. The van der Waals surface area contributed by atoms with Crippen LogP contribution in [0.2, 0.25) is 10.0 Å². The van der Waals surface area contributed by atoms with E-state index >= 15 is 0 Å². The van der Waals surface area contributed by atoms with Gasteiger partial charge in [-0.2, -0.15) is 0 Å². The number of aliphatic hydroxyl groups is 2. The van der Waals surface area contributed by atoms with Gasteiger partial charge in [-0.3, -0.25) is 0 Å². The zero-order chi connectivity index (χ0) is 20.3. The van der Waals surface area contributed by atoms with Crippen LogP contribution >= 0.6 is 46.1 Å². The van der Waals surface area contributed by atoms with Gasteiger partial charge in [0.2, 0.25) is 0 Å². The van der Waals surface area contributed by atoms with Crippen molar-refractivity contribution in [2.45, 2.75) is 37.2 Å². The van der Waals surface area contributed by atoms with E-state index in [1.165, 1.54) is 4.88 Å². The van der Waals surface area contributed by atoms with Gasteiger partial charge in [0.15, 0.2) is 0 Å². The van der Waals surface area contributed by atoms with Crippen LogP contribution in [-0.2, 0) is 6.42 Å². The number of nitrogens with one attached hydrogen (secondary N) is 1. The number of hydrogen-bond acceptors (Lipinski definition) is 4. The van der Waals surface area contributed by atoms with E-state index in [2.05, 4.69) is 11.9 Å². The van der Waals surface area contributed by atoms with Crippen molar-refractivity contribution in [3.8, 4) is 0 Å². The summed E-state index contributed by atoms with van der Waals surface area (Å²) in [5.74, 6) is 0.436. The number of aryl methyl sites for hydroxylation is 1. The molecule has 28 heavy (non-hydrogen) atoms. The van der Waals surface area contributed by atoms with Crippen LogP contribution in [0.5, 0.6) is 0 Å². The molecule has 1 aromatic heterocycles. The van der Waals surface area contributed by atoms with Gasteiger partial charge < -0.3 is 15.5 Å². The molecule has 0 unspecified atom stereocenters. The highest BCUT2D eigenvalue weighted by Crippen LogP contribution is 2.40. The smallest absolute Gasteiger partial charge is 0.125 e. The van der Waals surface area contributed by atoms with Gasteiger partial charge in [0.1, 0.15) is 5.76 Å². The van der Waals surface area contributed by atoms with Crippen LogP contribution in [0.1, 0.15) is 29.0 Å². The first-order valence-electron chi connectivity index (χ1n) is 9.32. The molecular formula is C21H24Cl3NO2S. The van der Waals surface area contributed by atoms with Gasteiger partial charge in [0.05, 0.1) is 11.0 Å². The Morgan fingerprint density at radius 3 is 2.54 bits per heavy atom. The highest BCUT2D eigenvalue weighted by molar-refractivity contribution is 7.13. The molecule has 1 saturated carbocycles. The Kier molecular flexibility index (Phi) is 7.57. The molecule has 3 nitrogen and oxygen atoms in total. The fourth-order valence-corrected chi connectivity index (χ4v) is 5.83. The summed E-state index contributed by atoms with van der Waals surface area (Å²) in [6, 6.07) is 9.27. The summed E-state index contributed by atoms with van der Waals surface area (Å²) in [7, 11) is 0. The van der Waals surface area contributed by atoms with Crippen LogP contribution < -0.4 is 5.32 Å². The van der Waals surface area contributed by atoms with Crippen molar-refractivity contribution in [2.24, 2.45) is 11.8 Å². The number of anilines is 1. The van der Waals surface area contributed by atoms with E-state index in [9.17, 15) is 10.2 Å². The average molecular weight is 461 g/mol. The first kappa shape index (κ1) is 21.8. The minimum atomic E-state index is -0.416. The van der Waals surface area contributed by atoms with E-state index in [-0.39, 0.29) is 23.0 Å². The van der Waals surface area contributed by atoms with Crippen molar-refractivity contribution in [1.29, 1.82) is 0 Å². The van der Waals surface area contributed by atoms with Crippen molar-refractivity contribution in [1.82, 2.24) is 0 Å². The third kappa shape index (κ3) is 5.58. The van der Waals surface area contributed by atoms with E-state index in [0.29, 0.717) is 23.0 Å². The second-order valence-electron chi connectivity index (χ2n) is 7.29. The van der Waals surface area contributed by atoms with Gasteiger partial charge in [-0.25, -0.2) is 0 Å². The summed E-state index contributed by atoms with van der Waals surface area (Å²) in [5, 5.41) is 24.4. The van der Waals surface area contributed by atoms with Crippen LogP contribution in [0.4, 0.5) is 5.69 Å². The molecule has 152 valence electrons. The van der Waals surface area contributed by atoms with Crippen molar-refractivity contribution < 1.29 is 10.2 Å². The Bertz CT molecular complexity index is 805. The van der Waals surface area contributed by atoms with Crippen LogP contribution in [0.3, 0.4) is 0 Å². The number of halogens is 3. The maximum Gasteiger partial charge on any atom is 0.125 e. The summed E-state index contributed by atoms with van der Waals surface area (Å²) in [6.45, 7) is 4.19. The fraction of sp³-hybridized carbons (Fsp3) is 0.429. The molecule has 4 atom stereocenters. The van der Waals surface area contributed by atoms with E-state index in [1.54, 1.807) is 17.4 Å². The molecule has 7 heteroatoms. The predicted molar refractivity (Wildman–Crippen MR) is 121 cm³/mol. The van der Waals surface area contributed by atoms with Crippen molar-refractivity contribution in [2.75, 3.05) is 11.9 Å². The van der Waals surface area contributed by atoms with Gasteiger partial charge in [0.25, 0.3) is 0 Å². The van der Waals surface area contributed by atoms with Crippen LogP contribution in [0.15, 0.2) is 36.9 Å². The molecule has 1 aliphatic rings. The van der Waals surface area contributed by atoms with Gasteiger partial charge >= 0.3 is 0 Å². The molecule has 1 aromatic carbocycles. The zero-order valence-corrected chi connectivity index (χ0v) is 18.5. The van der Waals surface area contributed by atoms with E-state index in [1.807, 2.05) is 24.3 Å². The third-order valence-corrected chi connectivity index (χ3v) is 7.42. The molecule has 0 aliphatic heterocycles. The lowest BCUT2D eigenvalue weighted by Gasteiger charge is -2.24. The number of alkyl halides is 1. The van der Waals surface area contributed by atoms with Crippen molar-refractivity contribution in [3.05, 3.63) is 56.7 Å². The summed E-state index contributed by atoms with van der Waals surface area (Å²) < 4.78 is 0. The van der Waals surface area contributed by atoms with Gasteiger partial charge in [-0.15, -0.1) is 22.9 Å². The second kappa shape index (κ2) is 9.73. The summed E-state index contributed by atoms with van der Waals surface area (Å²) >= 11 is 20.2. The second-order valence-corrected chi connectivity index (χ2v) is 9.89. The number of rotatable bonds is 8. The Labute approximate surface area is 184 Å². The van der Waals surface area contributed by atoms with Crippen LogP contribution in [-0.4, -0.2) is 28.2 Å². The maximum absolute atomic E-state index is 10.5. The quantitative estimate of drug-likeness (QED) is 0.306. The largest absolute Gasteiger partial charge is 0.507 e. The van der Waals surface area contributed by atoms with Crippen molar-refractivity contribution >= 4 is 57.6 Å². The number of hydrogen-bond donors (Lipinski definition) is 3. The molecule has 0 saturated heterocycles. The topological polar surface area (TPSA) is 52.5 Å². The number of thiophene rings is 1. The maximum atomic E-state index is 10.5. The minimum absolute atomic E-state index is 0.0270. The first-order valence-corrected chi connectivity index (χ1v) is 11.3. The van der Waals surface area contributed by atoms with E-state index in [4.69, 9.17) is 34.8 Å². The lowest BCUT2D eigenvalue weighted by atomic mass is 9.89. The third-order valence-electron chi connectivity index (χ3n) is 5.29. The van der Waals surface area contributed by atoms with E-state index in [0.717, 1.165) is 29.8 Å². The molecule has 0 bridgehead atoms. The number of benzene rings is 1. The van der Waals surface area contributed by atoms with Gasteiger partial charge in [-0.05, 0) is 61.9 Å². The monoisotopic (exact) mass is 459 g/mol. The molecule has 1 heterocycles. The molecular weight excluding hydrogens is 437 g/mol. The average Bonchev–Trinajstić information content (AvgIpc) is 3.18. The highest BCUT2D eigenvalue weighted by atomic mass is 35.5. The van der Waals surface area contributed by atoms with Gasteiger partial charge in [0, 0.05) is 38.4 Å². The molecule has 3 N–H and O–H groups in total. The standard InChI is InChI=1S/C21H24Cl3NO2S/c1-12(26)21-6-5-16(28-21)3-2-4-17-18(20(27)10-19(17)24)11-25-15-8-13(22)7-14(23)9-15/h5-9,17-20,25-27H,1-4,10-11H2/t17-,18-,19-,20-/m1/s1. The summed E-state index contributed by atoms with van der Waals surface area (Å²) in [5.41, 5.74) is 0.844. The molecule has 0 radical (unpaired) electrons. The Hall–Kier alpha value is -0.910. The first-order chi connectivity index (χ1) is 13.3. The minimum Gasteiger partial charge on any atom is -0.507 e. The molecule has 1 aliphatic carbocycles. The normalized spacial score (nSPS) is 24.4. The molecule has 0 spiro atoms. The molecule has 1 fully saturated rings. The highest BCUT2D eigenvalue weighted by Gasteiger charge is 2.40. The molecule has 2 aromatic rings. The SMILES string of the molecule is C=C(O)c1ccc(CCC[C@@H]2[C@@H](CNc3cc(Cl)cc(Cl)c3)[C@H](O)C[C@H]2Cl)s1. The Morgan fingerprint density at radius 2 is 1.89 bits per heavy atom. The Balaban J connectivity index is 1.56. The van der Waals surface area contributed by atoms with Gasteiger partial charge in [-0.1, -0.05) is 29.8 Å².